The summed E-state index contributed by atoms with van der Waals surface area (Å²) >= 11 is 0. The molecule has 0 saturated carbocycles. The third-order valence-corrected chi connectivity index (χ3v) is 16.0. The van der Waals surface area contributed by atoms with Gasteiger partial charge >= 0.3 is 0 Å². The number of nitrogens with zero attached hydrogens (tertiary/aromatic N) is 8. The lowest BCUT2D eigenvalue weighted by Crippen LogP contribution is -2.51. The predicted octanol–water partition coefficient (Wildman–Crippen LogP) is 8.84. The van der Waals surface area contributed by atoms with Crippen molar-refractivity contribution in [3.05, 3.63) is 172 Å². The molecule has 0 unspecified atom stereocenters. The van der Waals surface area contributed by atoms with Gasteiger partial charge in [-0.3, -0.25) is 24.2 Å². The highest BCUT2D eigenvalue weighted by molar-refractivity contribution is 6.16. The fourth-order valence-corrected chi connectivity index (χ4v) is 11.6. The Hall–Kier alpha value is -7.77. The van der Waals surface area contributed by atoms with E-state index in [9.17, 15) is 15.2 Å². The van der Waals surface area contributed by atoms with Gasteiger partial charge in [-0.2, -0.15) is 5.26 Å². The van der Waals surface area contributed by atoms with E-state index in [2.05, 4.69) is 40.1 Å². The van der Waals surface area contributed by atoms with Crippen molar-refractivity contribution in [3.63, 3.8) is 0 Å². The third-order valence-electron chi connectivity index (χ3n) is 16.0. The number of rotatable bonds is 13. The molecule has 0 radical (unpaired) electrons. The van der Waals surface area contributed by atoms with Gasteiger partial charge in [0.05, 0.1) is 42.1 Å². The number of aromatic hydroxyl groups is 1. The molecular weight excluding hydrogens is 960 g/mol. The number of likely N-dealkylation sites (tertiary alicyclic amines) is 1. The summed E-state index contributed by atoms with van der Waals surface area (Å²) < 4.78 is 30.7. The molecule has 15 heteroatoms. The molecule has 0 aliphatic carbocycles. The maximum Gasteiger partial charge on any atom is 0.265 e. The van der Waals surface area contributed by atoms with E-state index in [1.165, 1.54) is 30.2 Å². The molecule has 390 valence electrons. The average Bonchev–Trinajstić information content (AvgIpc) is 4.02. The predicted molar refractivity (Wildman–Crippen MR) is 288 cm³/mol. The number of benzene rings is 4. The number of ether oxygens (including phenoxy) is 2. The smallest absolute Gasteiger partial charge is 0.265 e. The molecule has 2 fully saturated rings. The van der Waals surface area contributed by atoms with E-state index in [1.54, 1.807) is 51.7 Å². The molecule has 11 rings (SSSR count). The van der Waals surface area contributed by atoms with Gasteiger partial charge in [-0.15, -0.1) is 0 Å². The Kier molecular flexibility index (Phi) is 14.5. The monoisotopic (exact) mass is 1020 g/mol. The number of carbonyl (C=O) groups is 3. The minimum absolute atomic E-state index is 0.0445. The summed E-state index contributed by atoms with van der Waals surface area (Å²) in [5.41, 5.74) is 9.28. The lowest BCUT2D eigenvalue weighted by Gasteiger charge is -2.41. The van der Waals surface area contributed by atoms with Crippen LogP contribution in [0.4, 0.5) is 15.8 Å². The molecule has 7 aromatic rings. The number of pyridine rings is 1. The quantitative estimate of drug-likeness (QED) is 0.120. The second-order valence-corrected chi connectivity index (χ2v) is 20.6. The second-order valence-electron chi connectivity index (χ2n) is 20.6. The van der Waals surface area contributed by atoms with Gasteiger partial charge < -0.3 is 38.2 Å². The van der Waals surface area contributed by atoms with Crippen LogP contribution in [-0.2, 0) is 48.9 Å². The molecule has 14 nitrogen and oxygen atoms in total. The van der Waals surface area contributed by atoms with Gasteiger partial charge in [0, 0.05) is 93.7 Å². The first-order valence-electron chi connectivity index (χ1n) is 26.6. The van der Waals surface area contributed by atoms with E-state index in [0.717, 1.165) is 62.3 Å². The van der Waals surface area contributed by atoms with Gasteiger partial charge in [0.25, 0.3) is 11.8 Å². The number of fused-ring (bicyclic) bond motifs is 3. The van der Waals surface area contributed by atoms with Crippen LogP contribution in [0.2, 0.25) is 0 Å². The molecular formula is C61H63FN8O6. The van der Waals surface area contributed by atoms with Crippen molar-refractivity contribution in [2.75, 3.05) is 70.5 Å². The van der Waals surface area contributed by atoms with Crippen LogP contribution in [0.3, 0.4) is 0 Å². The van der Waals surface area contributed by atoms with Crippen molar-refractivity contribution in [1.29, 1.82) is 5.26 Å². The van der Waals surface area contributed by atoms with Crippen LogP contribution in [0.5, 0.6) is 11.5 Å². The molecule has 4 aromatic carbocycles. The van der Waals surface area contributed by atoms with Crippen molar-refractivity contribution >= 4 is 34.6 Å². The van der Waals surface area contributed by atoms with Gasteiger partial charge in [0.2, 0.25) is 5.91 Å². The first-order chi connectivity index (χ1) is 37.0. The summed E-state index contributed by atoms with van der Waals surface area (Å²) in [5.74, 6) is -0.756. The lowest BCUT2D eigenvalue weighted by molar-refractivity contribution is -0.131. The van der Waals surface area contributed by atoms with E-state index in [0.29, 0.717) is 109 Å². The fraction of sp³-hybridized carbons (Fsp3) is 0.344. The second kappa shape index (κ2) is 21.8. The van der Waals surface area contributed by atoms with Crippen LogP contribution in [0.25, 0.3) is 16.8 Å². The standard InChI is InChI=1S/C61H63FN8O6/c1-41-57(34-48(37-63)64(41)2)70(47-14-16-50(71)17-15-47)61(74)54-36-58(68-22-9-6-12-56(54)68)52-31-43-19-23-67(59(72)33-44-13-18-51(35-55(44)62)76-29-26-65-24-27-75-28-25-65)38-46(43)32-53(52)60(73)69-39-45-11-5-4-10-42(45)30-49(69)40-66-20-7-3-8-21-66/h4-6,9-18,22,31-32,34-36,49,71H,3,7-8,19-21,23-30,33,38-40H2,1-2H3/t49-/m0/s1. The third kappa shape index (κ3) is 10.2. The van der Waals surface area contributed by atoms with Gasteiger partial charge in [-0.05, 0) is 140 Å². The summed E-state index contributed by atoms with van der Waals surface area (Å²) in [4.78, 5) is 55.7. The Balaban J connectivity index is 0.961. The van der Waals surface area contributed by atoms with E-state index >= 15 is 14.0 Å². The summed E-state index contributed by atoms with van der Waals surface area (Å²) in [7, 11) is 1.79. The van der Waals surface area contributed by atoms with Crippen LogP contribution in [0, 0.1) is 24.1 Å². The van der Waals surface area contributed by atoms with E-state index in [1.807, 2.05) is 58.8 Å². The molecule has 4 aliphatic heterocycles. The largest absolute Gasteiger partial charge is 0.508 e. The number of halogens is 1. The molecule has 1 N–H and O–H groups in total. The summed E-state index contributed by atoms with van der Waals surface area (Å²) in [5, 5.41) is 20.4. The van der Waals surface area contributed by atoms with Crippen LogP contribution < -0.4 is 9.64 Å². The highest BCUT2D eigenvalue weighted by Crippen LogP contribution is 2.39. The Bertz CT molecular complexity index is 3370. The maximum atomic E-state index is 15.9. The van der Waals surface area contributed by atoms with E-state index in [4.69, 9.17) is 9.47 Å². The number of piperidine rings is 1. The Labute approximate surface area is 442 Å². The molecule has 3 amide bonds. The number of phenols is 1. The van der Waals surface area contributed by atoms with Crippen molar-refractivity contribution < 1.29 is 33.4 Å². The molecule has 0 spiro atoms. The highest BCUT2D eigenvalue weighted by Gasteiger charge is 2.36. The Morgan fingerprint density at radius 2 is 1.59 bits per heavy atom. The number of hydrogen-bond acceptors (Lipinski definition) is 9. The highest BCUT2D eigenvalue weighted by atomic mass is 19.1. The molecule has 1 atom stereocenters. The molecule has 76 heavy (non-hydrogen) atoms. The average molecular weight is 1020 g/mol. The summed E-state index contributed by atoms with van der Waals surface area (Å²) in [6.45, 7) is 9.82. The number of amides is 3. The fourth-order valence-electron chi connectivity index (χ4n) is 11.6. The van der Waals surface area contributed by atoms with Crippen LogP contribution in [0.15, 0.2) is 115 Å². The first kappa shape index (κ1) is 50.4. The first-order valence-corrected chi connectivity index (χ1v) is 26.6. The summed E-state index contributed by atoms with van der Waals surface area (Å²) in [6.07, 6.45) is 6.43. The van der Waals surface area contributed by atoms with Crippen LogP contribution in [0.1, 0.15) is 79.2 Å². The van der Waals surface area contributed by atoms with Gasteiger partial charge in [0.1, 0.15) is 35.7 Å². The number of phenolic OH excluding ortho intramolecular Hbond substituents is 1. The normalized spacial score (nSPS) is 17.0. The Morgan fingerprint density at radius 3 is 2.36 bits per heavy atom. The van der Waals surface area contributed by atoms with Crippen molar-refractivity contribution in [3.8, 4) is 28.8 Å². The number of morpholine rings is 1. The van der Waals surface area contributed by atoms with Crippen molar-refractivity contribution in [2.24, 2.45) is 7.05 Å². The minimum Gasteiger partial charge on any atom is -0.508 e. The van der Waals surface area contributed by atoms with Gasteiger partial charge in [0.15, 0.2) is 0 Å². The topological polar surface area (TPSA) is 139 Å². The van der Waals surface area contributed by atoms with Gasteiger partial charge in [-0.25, -0.2) is 4.39 Å². The molecule has 4 aliphatic rings. The number of nitriles is 1. The number of anilines is 2. The zero-order chi connectivity index (χ0) is 52.5. The molecule has 7 heterocycles. The molecule has 0 bridgehead atoms. The number of hydrogen-bond donors (Lipinski definition) is 1. The van der Waals surface area contributed by atoms with Gasteiger partial charge in [-0.1, -0.05) is 42.8 Å². The lowest BCUT2D eigenvalue weighted by atomic mass is 9.89. The zero-order valence-corrected chi connectivity index (χ0v) is 43.2. The van der Waals surface area contributed by atoms with Crippen LogP contribution in [-0.4, -0.2) is 123 Å². The van der Waals surface area contributed by atoms with E-state index in [-0.39, 0.29) is 48.0 Å². The SMILES string of the molecule is Cc1c(N(C(=O)c2cc(-c3cc4c(cc3C(=O)N3Cc5ccccc5C[C@H]3CN3CCCCC3)CN(C(=O)Cc3ccc(OCCN5CCOCC5)cc3F)CC4)n3ccccc23)c2ccc(O)cc2)cc(C#N)n1C. The number of aromatic nitrogens is 2. The van der Waals surface area contributed by atoms with Crippen molar-refractivity contribution in [1.82, 2.24) is 28.6 Å². The van der Waals surface area contributed by atoms with E-state index < -0.39 is 5.82 Å². The summed E-state index contributed by atoms with van der Waals surface area (Å²) in [6, 6.07) is 34.9. The molecule has 3 aromatic heterocycles. The van der Waals surface area contributed by atoms with Crippen LogP contribution >= 0.6 is 0 Å². The molecule has 2 saturated heterocycles. The Morgan fingerprint density at radius 1 is 0.816 bits per heavy atom. The van der Waals surface area contributed by atoms with Crippen molar-refractivity contribution in [2.45, 2.75) is 64.6 Å². The number of carbonyl (C=O) groups excluding carboxylic acids is 3. The minimum atomic E-state index is -0.497. The zero-order valence-electron chi connectivity index (χ0n) is 43.2. The maximum absolute atomic E-state index is 15.9.